The summed E-state index contributed by atoms with van der Waals surface area (Å²) in [5.41, 5.74) is -0.842. The average molecular weight is 361 g/mol. The van der Waals surface area contributed by atoms with Crippen LogP contribution in [-0.2, 0) is 11.7 Å². The first-order chi connectivity index (χ1) is 11.7. The lowest BCUT2D eigenvalue weighted by molar-refractivity contribution is -0.142. The highest BCUT2D eigenvalue weighted by Gasteiger charge is 2.38. The van der Waals surface area contributed by atoms with Gasteiger partial charge in [0.1, 0.15) is 0 Å². The van der Waals surface area contributed by atoms with Gasteiger partial charge in [-0.3, -0.25) is 4.68 Å². The minimum Gasteiger partial charge on any atom is -0.266 e. The van der Waals surface area contributed by atoms with Gasteiger partial charge >= 0.3 is 6.18 Å². The monoisotopic (exact) mass is 360 g/mol. The number of hydrogen-bond donors (Lipinski definition) is 0. The van der Waals surface area contributed by atoms with E-state index < -0.39 is 11.9 Å². The summed E-state index contributed by atoms with van der Waals surface area (Å²) >= 11 is 0. The smallest absolute Gasteiger partial charge is 0.266 e. The third-order valence-corrected chi connectivity index (χ3v) is 5.11. The molecule has 146 valence electrons. The minimum atomic E-state index is -4.38. The number of unbranched alkanes of at least 4 members (excludes halogenated alkanes) is 7. The Balaban J connectivity index is 2.85. The van der Waals surface area contributed by atoms with Gasteiger partial charge in [0.25, 0.3) is 0 Å². The summed E-state index contributed by atoms with van der Waals surface area (Å²) in [4.78, 5) is 0. The molecular weight excluding hydrogens is 325 g/mol. The van der Waals surface area contributed by atoms with Crippen molar-refractivity contribution in [3.05, 3.63) is 17.5 Å². The normalized spacial score (nSPS) is 14.7. The molecule has 0 saturated heterocycles. The molecule has 0 radical (unpaired) electrons. The van der Waals surface area contributed by atoms with Crippen LogP contribution in [0.15, 0.2) is 6.20 Å². The van der Waals surface area contributed by atoms with E-state index in [0.717, 1.165) is 44.9 Å². The van der Waals surface area contributed by atoms with Gasteiger partial charge in [-0.15, -0.1) is 0 Å². The van der Waals surface area contributed by atoms with Gasteiger partial charge in [0.15, 0.2) is 5.69 Å². The summed E-state index contributed by atoms with van der Waals surface area (Å²) < 4.78 is 41.0. The maximum absolute atomic E-state index is 13.1. The second-order valence-electron chi connectivity index (χ2n) is 7.57. The summed E-state index contributed by atoms with van der Waals surface area (Å²) in [6.45, 7) is 7.93. The fourth-order valence-corrected chi connectivity index (χ4v) is 3.41. The van der Waals surface area contributed by atoms with Gasteiger partial charge in [-0.25, -0.2) is 0 Å². The van der Waals surface area contributed by atoms with E-state index >= 15 is 0 Å². The topological polar surface area (TPSA) is 17.8 Å². The van der Waals surface area contributed by atoms with Crippen LogP contribution in [0, 0.1) is 6.92 Å². The van der Waals surface area contributed by atoms with Crippen LogP contribution in [-0.4, -0.2) is 9.78 Å². The predicted octanol–water partition coefficient (Wildman–Crippen LogP) is 7.26. The van der Waals surface area contributed by atoms with Crippen LogP contribution >= 0.6 is 0 Å². The zero-order valence-electron chi connectivity index (χ0n) is 16.4. The molecule has 0 saturated carbocycles. The van der Waals surface area contributed by atoms with Crippen molar-refractivity contribution in [3.8, 4) is 0 Å². The third kappa shape index (κ3) is 7.02. The molecule has 0 amide bonds. The van der Waals surface area contributed by atoms with Crippen molar-refractivity contribution in [2.75, 3.05) is 0 Å². The first-order valence-electron chi connectivity index (χ1n) is 9.88. The van der Waals surface area contributed by atoms with E-state index in [1.165, 1.54) is 32.6 Å². The molecule has 1 atom stereocenters. The van der Waals surface area contributed by atoms with Crippen molar-refractivity contribution in [1.82, 2.24) is 9.78 Å². The SMILES string of the molecule is CCCCCCCC(C)(CCCCCC)n1cc(C)c(C(F)(F)F)n1. The molecule has 25 heavy (non-hydrogen) atoms. The summed E-state index contributed by atoms with van der Waals surface area (Å²) in [6.07, 6.45) is 9.32. The highest BCUT2D eigenvalue weighted by Crippen LogP contribution is 2.35. The van der Waals surface area contributed by atoms with Gasteiger partial charge in [-0.05, 0) is 32.3 Å². The van der Waals surface area contributed by atoms with Crippen LogP contribution in [0.2, 0.25) is 0 Å². The second kappa shape index (κ2) is 10.2. The first-order valence-corrected chi connectivity index (χ1v) is 9.88. The van der Waals surface area contributed by atoms with Crippen molar-refractivity contribution < 1.29 is 13.2 Å². The lowest BCUT2D eigenvalue weighted by Gasteiger charge is -2.31. The molecular formula is C20H35F3N2. The summed E-state index contributed by atoms with van der Waals surface area (Å²) in [6, 6.07) is 0. The lowest BCUT2D eigenvalue weighted by Crippen LogP contribution is -2.31. The van der Waals surface area contributed by atoms with Crippen LogP contribution in [0.5, 0.6) is 0 Å². The molecule has 1 aromatic heterocycles. The number of aromatic nitrogens is 2. The van der Waals surface area contributed by atoms with Crippen LogP contribution in [0.1, 0.15) is 103 Å². The molecule has 2 nitrogen and oxygen atoms in total. The van der Waals surface area contributed by atoms with Crippen molar-refractivity contribution in [2.45, 2.75) is 110 Å². The standard InChI is InChI=1S/C20H35F3N2/c1-5-7-9-11-13-15-19(4,14-12-10-8-6-2)25-16-17(3)18(24-25)20(21,22)23/h16H,5-15H2,1-4H3. The third-order valence-electron chi connectivity index (χ3n) is 5.11. The first kappa shape index (κ1) is 22.0. The molecule has 1 heterocycles. The number of halogens is 3. The molecule has 0 bridgehead atoms. The number of hydrogen-bond acceptors (Lipinski definition) is 1. The average Bonchev–Trinajstić information content (AvgIpc) is 2.94. The molecule has 1 unspecified atom stereocenters. The van der Waals surface area contributed by atoms with Crippen LogP contribution in [0.3, 0.4) is 0 Å². The molecule has 5 heteroatoms. The van der Waals surface area contributed by atoms with Gasteiger partial charge in [0.05, 0.1) is 5.54 Å². The van der Waals surface area contributed by atoms with E-state index in [9.17, 15) is 13.2 Å². The Morgan fingerprint density at radius 1 is 0.880 bits per heavy atom. The van der Waals surface area contributed by atoms with Gasteiger partial charge in [0, 0.05) is 6.20 Å². The largest absolute Gasteiger partial charge is 0.435 e. The molecule has 0 aliphatic rings. The Labute approximate surface area is 151 Å². The minimum absolute atomic E-state index is 0.221. The number of aryl methyl sites for hydroxylation is 1. The van der Waals surface area contributed by atoms with Gasteiger partial charge in [-0.2, -0.15) is 18.3 Å². The maximum atomic E-state index is 13.1. The number of nitrogens with zero attached hydrogens (tertiary/aromatic N) is 2. The van der Waals surface area contributed by atoms with Crippen LogP contribution in [0.25, 0.3) is 0 Å². The zero-order valence-corrected chi connectivity index (χ0v) is 16.4. The molecule has 0 aliphatic heterocycles. The Hall–Kier alpha value is -1.00. The summed E-state index contributed by atoms with van der Waals surface area (Å²) in [5.74, 6) is 0. The molecule has 1 rings (SSSR count). The Morgan fingerprint density at radius 3 is 1.80 bits per heavy atom. The van der Waals surface area contributed by atoms with E-state index in [4.69, 9.17) is 0 Å². The van der Waals surface area contributed by atoms with Crippen molar-refractivity contribution in [2.24, 2.45) is 0 Å². The molecule has 0 aromatic carbocycles. The molecule has 1 aromatic rings. The summed E-state index contributed by atoms with van der Waals surface area (Å²) in [7, 11) is 0. The molecule has 0 fully saturated rings. The molecule has 0 aliphatic carbocycles. The lowest BCUT2D eigenvalue weighted by atomic mass is 9.88. The van der Waals surface area contributed by atoms with Gasteiger partial charge < -0.3 is 0 Å². The molecule has 0 spiro atoms. The van der Waals surface area contributed by atoms with Crippen molar-refractivity contribution in [3.63, 3.8) is 0 Å². The quantitative estimate of drug-likeness (QED) is 0.359. The number of alkyl halides is 3. The van der Waals surface area contributed by atoms with Crippen molar-refractivity contribution in [1.29, 1.82) is 0 Å². The number of rotatable bonds is 12. The fraction of sp³-hybridized carbons (Fsp3) is 0.850. The van der Waals surface area contributed by atoms with E-state index in [2.05, 4.69) is 25.9 Å². The Kier molecular flexibility index (Phi) is 9.01. The molecule has 0 N–H and O–H groups in total. The highest BCUT2D eigenvalue weighted by molar-refractivity contribution is 5.18. The van der Waals surface area contributed by atoms with Crippen molar-refractivity contribution >= 4 is 0 Å². The zero-order chi connectivity index (χ0) is 18.9. The predicted molar refractivity (Wildman–Crippen MR) is 97.7 cm³/mol. The Morgan fingerprint density at radius 2 is 1.36 bits per heavy atom. The van der Waals surface area contributed by atoms with E-state index in [1.807, 2.05) is 0 Å². The van der Waals surface area contributed by atoms with E-state index in [-0.39, 0.29) is 11.1 Å². The summed E-state index contributed by atoms with van der Waals surface area (Å²) in [5, 5.41) is 3.96. The van der Waals surface area contributed by atoms with Crippen LogP contribution in [0.4, 0.5) is 13.2 Å². The van der Waals surface area contributed by atoms with Gasteiger partial charge in [-0.1, -0.05) is 71.6 Å². The fourth-order valence-electron chi connectivity index (χ4n) is 3.41. The second-order valence-corrected chi connectivity index (χ2v) is 7.57. The maximum Gasteiger partial charge on any atom is 0.435 e. The Bertz CT molecular complexity index is 494. The van der Waals surface area contributed by atoms with Crippen LogP contribution < -0.4 is 0 Å². The van der Waals surface area contributed by atoms with E-state index in [0.29, 0.717) is 0 Å². The van der Waals surface area contributed by atoms with E-state index in [1.54, 1.807) is 10.9 Å². The highest BCUT2D eigenvalue weighted by atomic mass is 19.4. The van der Waals surface area contributed by atoms with Gasteiger partial charge in [0.2, 0.25) is 0 Å².